The van der Waals surface area contributed by atoms with Crippen LogP contribution in [0.4, 0.5) is 10.5 Å². The Morgan fingerprint density at radius 2 is 2.12 bits per heavy atom. The number of benzene rings is 1. The molecule has 142 valence electrons. The third-order valence-corrected chi connectivity index (χ3v) is 6.37. The Labute approximate surface area is 157 Å². The molecule has 0 saturated carbocycles. The van der Waals surface area contributed by atoms with Crippen molar-refractivity contribution in [2.45, 2.75) is 45.2 Å². The molecule has 1 aromatic rings. The van der Waals surface area contributed by atoms with Crippen LogP contribution in [-0.4, -0.2) is 55.7 Å². The topological polar surface area (TPSA) is 47.6 Å². The molecule has 4 aliphatic rings. The van der Waals surface area contributed by atoms with Crippen molar-refractivity contribution >= 4 is 11.7 Å². The number of para-hydroxylation sites is 1. The summed E-state index contributed by atoms with van der Waals surface area (Å²) in [6, 6.07) is 9.54. The number of piperidine rings is 3. The van der Waals surface area contributed by atoms with Crippen LogP contribution in [-0.2, 0) is 6.42 Å². The van der Waals surface area contributed by atoms with Gasteiger partial charge >= 0.3 is 6.03 Å². The van der Waals surface area contributed by atoms with Crippen LogP contribution >= 0.6 is 0 Å². The number of fused-ring (bicyclic) bond motifs is 4. The van der Waals surface area contributed by atoms with Crippen LogP contribution in [0, 0.1) is 11.8 Å². The van der Waals surface area contributed by atoms with E-state index in [9.17, 15) is 4.79 Å². The summed E-state index contributed by atoms with van der Waals surface area (Å²) in [6.07, 6.45) is 3.73. The molecule has 26 heavy (non-hydrogen) atoms. The van der Waals surface area contributed by atoms with Crippen molar-refractivity contribution in [3.05, 3.63) is 29.8 Å². The Bertz CT molecular complexity index is 647. The van der Waals surface area contributed by atoms with Crippen molar-refractivity contribution in [1.82, 2.24) is 15.5 Å². The van der Waals surface area contributed by atoms with E-state index in [-0.39, 0.29) is 12.1 Å². The average molecular weight is 357 g/mol. The van der Waals surface area contributed by atoms with Gasteiger partial charge in [-0.15, -0.1) is 0 Å². The third kappa shape index (κ3) is 3.68. The molecule has 2 amide bonds. The lowest BCUT2D eigenvalue weighted by molar-refractivity contribution is 0.00573. The maximum atomic E-state index is 11.9. The van der Waals surface area contributed by atoms with Gasteiger partial charge in [-0.1, -0.05) is 18.2 Å². The maximum absolute atomic E-state index is 11.9. The molecule has 2 bridgehead atoms. The standard InChI is InChI=1S/C21H32N4O/c1-15(2)23-21(26)22-12-19-11-17-8-9-24(19)13-18(17)14-25-10-7-16-5-3-4-6-20(16)25/h3-6,15,17-19H,7-14H2,1-2H3,(H2,22,23,26)/t17-,18-,19-/m1/s1. The summed E-state index contributed by atoms with van der Waals surface area (Å²) in [5.74, 6) is 1.56. The highest BCUT2D eigenvalue weighted by molar-refractivity contribution is 5.74. The molecule has 4 heterocycles. The van der Waals surface area contributed by atoms with Crippen LogP contribution in [0.25, 0.3) is 0 Å². The number of carbonyl (C=O) groups excluding carboxylic acids is 1. The first-order valence-electron chi connectivity index (χ1n) is 10.2. The molecular formula is C21H32N4O. The van der Waals surface area contributed by atoms with Crippen LogP contribution < -0.4 is 15.5 Å². The quantitative estimate of drug-likeness (QED) is 0.852. The second kappa shape index (κ2) is 7.47. The molecule has 3 fully saturated rings. The Hall–Kier alpha value is -1.75. The normalized spacial score (nSPS) is 29.7. The Balaban J connectivity index is 1.31. The number of hydrogen-bond donors (Lipinski definition) is 2. The number of carbonyl (C=O) groups is 1. The van der Waals surface area contributed by atoms with Gasteiger partial charge in [-0.05, 0) is 63.1 Å². The van der Waals surface area contributed by atoms with E-state index < -0.39 is 0 Å². The summed E-state index contributed by atoms with van der Waals surface area (Å²) in [7, 11) is 0. The molecular weight excluding hydrogens is 324 g/mol. The van der Waals surface area contributed by atoms with E-state index in [4.69, 9.17) is 0 Å². The van der Waals surface area contributed by atoms with Gasteiger partial charge in [0.25, 0.3) is 0 Å². The average Bonchev–Trinajstić information content (AvgIpc) is 3.03. The van der Waals surface area contributed by atoms with Gasteiger partial charge in [0, 0.05) is 44.0 Å². The van der Waals surface area contributed by atoms with Gasteiger partial charge in [-0.2, -0.15) is 0 Å². The molecule has 4 aliphatic heterocycles. The lowest BCUT2D eigenvalue weighted by Crippen LogP contribution is -2.59. The van der Waals surface area contributed by atoms with Crippen molar-refractivity contribution in [2.24, 2.45) is 11.8 Å². The molecule has 1 unspecified atom stereocenters. The van der Waals surface area contributed by atoms with Crippen molar-refractivity contribution in [3.8, 4) is 0 Å². The number of urea groups is 1. The van der Waals surface area contributed by atoms with E-state index >= 15 is 0 Å². The Morgan fingerprint density at radius 3 is 2.88 bits per heavy atom. The monoisotopic (exact) mass is 356 g/mol. The Kier molecular flexibility index (Phi) is 5.07. The molecule has 2 N–H and O–H groups in total. The lowest BCUT2D eigenvalue weighted by Gasteiger charge is -2.50. The second-order valence-electron chi connectivity index (χ2n) is 8.53. The minimum Gasteiger partial charge on any atom is -0.371 e. The summed E-state index contributed by atoms with van der Waals surface area (Å²) in [4.78, 5) is 17.1. The summed E-state index contributed by atoms with van der Waals surface area (Å²) in [5.41, 5.74) is 2.96. The number of rotatable bonds is 5. The van der Waals surface area contributed by atoms with E-state index in [0.717, 1.165) is 18.4 Å². The molecule has 0 aliphatic carbocycles. The molecule has 0 spiro atoms. The summed E-state index contributed by atoms with van der Waals surface area (Å²) >= 11 is 0. The molecule has 4 atom stereocenters. The molecule has 1 aromatic carbocycles. The minimum atomic E-state index is -0.0344. The fraction of sp³-hybridized carbons (Fsp3) is 0.667. The fourth-order valence-electron chi connectivity index (χ4n) is 5.07. The zero-order valence-corrected chi connectivity index (χ0v) is 16.1. The van der Waals surface area contributed by atoms with Crippen LogP contribution in [0.15, 0.2) is 24.3 Å². The second-order valence-corrected chi connectivity index (χ2v) is 8.53. The number of nitrogens with zero attached hydrogens (tertiary/aromatic N) is 2. The lowest BCUT2D eigenvalue weighted by atomic mass is 9.75. The summed E-state index contributed by atoms with van der Waals surface area (Å²) < 4.78 is 0. The van der Waals surface area contributed by atoms with Gasteiger partial charge in [-0.25, -0.2) is 4.79 Å². The molecule has 5 rings (SSSR count). The van der Waals surface area contributed by atoms with Gasteiger partial charge in [0.15, 0.2) is 0 Å². The predicted octanol–water partition coefficient (Wildman–Crippen LogP) is 2.47. The van der Waals surface area contributed by atoms with E-state index in [1.54, 1.807) is 0 Å². The molecule has 5 nitrogen and oxygen atoms in total. The van der Waals surface area contributed by atoms with Gasteiger partial charge in [0.1, 0.15) is 0 Å². The number of amides is 2. The first-order chi connectivity index (χ1) is 12.6. The van der Waals surface area contributed by atoms with E-state index in [2.05, 4.69) is 44.7 Å². The maximum Gasteiger partial charge on any atom is 0.315 e. The van der Waals surface area contributed by atoms with Crippen molar-refractivity contribution in [1.29, 1.82) is 0 Å². The largest absolute Gasteiger partial charge is 0.371 e. The minimum absolute atomic E-state index is 0.0344. The van der Waals surface area contributed by atoms with Crippen LogP contribution in [0.1, 0.15) is 32.3 Å². The highest BCUT2D eigenvalue weighted by atomic mass is 16.2. The van der Waals surface area contributed by atoms with Gasteiger partial charge < -0.3 is 15.5 Å². The van der Waals surface area contributed by atoms with Crippen LogP contribution in [0.2, 0.25) is 0 Å². The number of anilines is 1. The highest BCUT2D eigenvalue weighted by Gasteiger charge is 2.41. The van der Waals surface area contributed by atoms with Crippen molar-refractivity contribution in [3.63, 3.8) is 0 Å². The van der Waals surface area contributed by atoms with E-state index in [1.807, 2.05) is 13.8 Å². The summed E-state index contributed by atoms with van der Waals surface area (Å²) in [6.45, 7) is 9.49. The first kappa shape index (κ1) is 17.7. The van der Waals surface area contributed by atoms with Crippen LogP contribution in [0.5, 0.6) is 0 Å². The third-order valence-electron chi connectivity index (χ3n) is 6.37. The van der Waals surface area contributed by atoms with E-state index in [1.165, 1.54) is 56.7 Å². The van der Waals surface area contributed by atoms with Crippen LogP contribution in [0.3, 0.4) is 0 Å². The van der Waals surface area contributed by atoms with Gasteiger partial charge in [0.05, 0.1) is 0 Å². The van der Waals surface area contributed by atoms with Crippen molar-refractivity contribution < 1.29 is 4.79 Å². The van der Waals surface area contributed by atoms with Gasteiger partial charge in [0.2, 0.25) is 0 Å². The number of nitrogens with one attached hydrogen (secondary N) is 2. The molecule has 0 aromatic heterocycles. The van der Waals surface area contributed by atoms with Gasteiger partial charge in [-0.3, -0.25) is 4.90 Å². The first-order valence-corrected chi connectivity index (χ1v) is 10.2. The van der Waals surface area contributed by atoms with Crippen molar-refractivity contribution in [2.75, 3.05) is 37.6 Å². The number of hydrogen-bond acceptors (Lipinski definition) is 3. The summed E-state index contributed by atoms with van der Waals surface area (Å²) in [5, 5.41) is 5.98. The zero-order valence-electron chi connectivity index (χ0n) is 16.1. The Morgan fingerprint density at radius 1 is 1.27 bits per heavy atom. The fourth-order valence-corrected chi connectivity index (χ4v) is 5.07. The zero-order chi connectivity index (χ0) is 18.1. The predicted molar refractivity (Wildman–Crippen MR) is 106 cm³/mol. The molecule has 3 saturated heterocycles. The van der Waals surface area contributed by atoms with E-state index in [0.29, 0.717) is 6.04 Å². The molecule has 5 heteroatoms. The molecule has 0 radical (unpaired) electrons. The SMILES string of the molecule is CC(C)NC(=O)NC[C@H]1C[C@H]2CCN1C[C@@H]2CN1CCc2ccccc21. The smallest absolute Gasteiger partial charge is 0.315 e. The highest BCUT2D eigenvalue weighted by Crippen LogP contribution is 2.38.